The van der Waals surface area contributed by atoms with Crippen molar-refractivity contribution in [1.82, 2.24) is 20.0 Å². The van der Waals surface area contributed by atoms with Crippen LogP contribution in [0.3, 0.4) is 0 Å². The summed E-state index contributed by atoms with van der Waals surface area (Å²) in [6.07, 6.45) is 1.11. The van der Waals surface area contributed by atoms with E-state index < -0.39 is 29.1 Å². The van der Waals surface area contributed by atoms with Crippen LogP contribution in [0.5, 0.6) is 0 Å². The van der Waals surface area contributed by atoms with Crippen LogP contribution in [0.2, 0.25) is 0 Å². The molecule has 0 aliphatic rings. The third-order valence-electron chi connectivity index (χ3n) is 5.19. The molecule has 3 heterocycles. The summed E-state index contributed by atoms with van der Waals surface area (Å²) < 4.78 is 30.9. The minimum atomic E-state index is -1.45. The fourth-order valence-corrected chi connectivity index (χ4v) is 4.52. The summed E-state index contributed by atoms with van der Waals surface area (Å²) in [4.78, 5) is 27.8. The van der Waals surface area contributed by atoms with Gasteiger partial charge in [0, 0.05) is 4.88 Å². The van der Waals surface area contributed by atoms with E-state index in [1.165, 1.54) is 19.9 Å². The molecule has 0 spiro atoms. The monoisotopic (exact) mass is 514 g/mol. The number of amides is 1. The highest BCUT2D eigenvalue weighted by molar-refractivity contribution is 7.20. The van der Waals surface area contributed by atoms with Crippen LogP contribution in [-0.4, -0.2) is 42.1 Å². The van der Waals surface area contributed by atoms with E-state index in [0.717, 1.165) is 34.3 Å². The van der Waals surface area contributed by atoms with Crippen molar-refractivity contribution < 1.29 is 28.6 Å². The molecule has 0 atom stereocenters. The zero-order valence-corrected chi connectivity index (χ0v) is 19.8. The quantitative estimate of drug-likeness (QED) is 0.278. The second-order valence-corrected chi connectivity index (χ2v) is 9.37. The predicted molar refractivity (Wildman–Crippen MR) is 127 cm³/mol. The smallest absolute Gasteiger partial charge is 0.355 e. The maximum absolute atomic E-state index is 14.9. The van der Waals surface area contributed by atoms with E-state index in [4.69, 9.17) is 5.73 Å². The molecule has 4 rings (SSSR count). The number of nitrogens with zero attached hydrogens (tertiary/aromatic N) is 4. The number of hydrogen-bond donors (Lipinski definition) is 4. The van der Waals surface area contributed by atoms with Gasteiger partial charge in [-0.1, -0.05) is 11.3 Å². The molecule has 0 saturated heterocycles. The van der Waals surface area contributed by atoms with Gasteiger partial charge in [-0.2, -0.15) is 0 Å². The van der Waals surface area contributed by atoms with E-state index in [-0.39, 0.29) is 44.6 Å². The van der Waals surface area contributed by atoms with Crippen LogP contribution in [0, 0.1) is 11.6 Å². The summed E-state index contributed by atoms with van der Waals surface area (Å²) >= 11 is 0.895. The molecule has 186 valence electrons. The van der Waals surface area contributed by atoms with Crippen LogP contribution in [0.15, 0.2) is 42.6 Å². The number of anilines is 2. The van der Waals surface area contributed by atoms with Crippen molar-refractivity contribution >= 4 is 34.0 Å². The molecular weight excluding hydrogens is 494 g/mol. The van der Waals surface area contributed by atoms with E-state index >= 15 is 0 Å². The molecule has 0 aliphatic carbocycles. The number of pyridine rings is 1. The standard InChI is InChI=1S/C23H20F2N6O4S/c1-23(2,35)11-6-14(24)19(15(25)7-11)17-8-13(20(26)32)21(36-17)29-18-5-3-4-12(28-18)10-31-16(22(33)34)9-27-30-31/h3-9,35H,10H2,1-2H3,(H2,26,32)(H,28,29)(H,33,34). The second-order valence-electron chi connectivity index (χ2n) is 8.31. The number of primary amides is 1. The molecule has 1 amide bonds. The number of halogens is 2. The molecule has 4 aromatic rings. The van der Waals surface area contributed by atoms with E-state index in [9.17, 15) is 28.6 Å². The molecule has 10 nitrogen and oxygen atoms in total. The number of aromatic nitrogens is 4. The summed E-state index contributed by atoms with van der Waals surface area (Å²) in [6, 6.07) is 8.23. The van der Waals surface area contributed by atoms with Gasteiger partial charge >= 0.3 is 5.97 Å². The zero-order chi connectivity index (χ0) is 26.2. The summed E-state index contributed by atoms with van der Waals surface area (Å²) in [5.41, 5.74) is 4.06. The molecule has 36 heavy (non-hydrogen) atoms. The number of benzene rings is 1. The first-order valence-corrected chi connectivity index (χ1v) is 11.3. The third kappa shape index (κ3) is 5.06. The number of rotatable bonds is 8. The van der Waals surface area contributed by atoms with Crippen LogP contribution < -0.4 is 11.1 Å². The lowest BCUT2D eigenvalue weighted by Gasteiger charge is -2.18. The fraction of sp³-hybridized carbons (Fsp3) is 0.174. The minimum Gasteiger partial charge on any atom is -0.476 e. The van der Waals surface area contributed by atoms with Gasteiger partial charge in [-0.3, -0.25) is 4.79 Å². The Bertz CT molecular complexity index is 1450. The highest BCUT2D eigenvalue weighted by atomic mass is 32.1. The van der Waals surface area contributed by atoms with Crippen LogP contribution in [0.4, 0.5) is 19.6 Å². The van der Waals surface area contributed by atoms with Crippen molar-refractivity contribution in [2.45, 2.75) is 26.0 Å². The number of aliphatic hydroxyl groups is 1. The molecule has 0 saturated carbocycles. The molecule has 0 aliphatic heterocycles. The van der Waals surface area contributed by atoms with Gasteiger partial charge < -0.3 is 21.3 Å². The number of hydrogen-bond acceptors (Lipinski definition) is 8. The van der Waals surface area contributed by atoms with Gasteiger partial charge in [0.25, 0.3) is 5.91 Å². The summed E-state index contributed by atoms with van der Waals surface area (Å²) in [5.74, 6) is -3.55. The summed E-state index contributed by atoms with van der Waals surface area (Å²) in [6.45, 7) is 2.83. The lowest BCUT2D eigenvalue weighted by atomic mass is 9.96. The van der Waals surface area contributed by atoms with Crippen molar-refractivity contribution in [2.75, 3.05) is 5.32 Å². The van der Waals surface area contributed by atoms with Gasteiger partial charge in [0.15, 0.2) is 5.69 Å². The van der Waals surface area contributed by atoms with Crippen molar-refractivity contribution in [3.63, 3.8) is 0 Å². The Kier molecular flexibility index (Phi) is 6.52. The average molecular weight is 515 g/mol. The molecule has 0 fully saturated rings. The number of carboxylic acid groups (broad SMARTS) is 1. The first-order chi connectivity index (χ1) is 16.9. The number of thiophene rings is 1. The van der Waals surface area contributed by atoms with Crippen LogP contribution in [-0.2, 0) is 12.1 Å². The first-order valence-electron chi connectivity index (χ1n) is 10.4. The molecule has 3 aromatic heterocycles. The topological polar surface area (TPSA) is 156 Å². The second kappa shape index (κ2) is 9.43. The van der Waals surface area contributed by atoms with Gasteiger partial charge in [0.2, 0.25) is 0 Å². The van der Waals surface area contributed by atoms with Gasteiger partial charge in [0.05, 0.1) is 35.2 Å². The third-order valence-corrected chi connectivity index (χ3v) is 6.26. The Morgan fingerprint density at radius 2 is 1.89 bits per heavy atom. The predicted octanol–water partition coefficient (Wildman–Crippen LogP) is 3.50. The largest absolute Gasteiger partial charge is 0.476 e. The Morgan fingerprint density at radius 1 is 1.19 bits per heavy atom. The van der Waals surface area contributed by atoms with Crippen LogP contribution in [0.25, 0.3) is 10.4 Å². The lowest BCUT2D eigenvalue weighted by Crippen LogP contribution is -2.16. The summed E-state index contributed by atoms with van der Waals surface area (Å²) in [5, 5.41) is 29.8. The van der Waals surface area contributed by atoms with E-state index in [1.54, 1.807) is 18.2 Å². The Labute approximate surface area is 207 Å². The van der Waals surface area contributed by atoms with Crippen molar-refractivity contribution in [2.24, 2.45) is 5.73 Å². The molecule has 1 aromatic carbocycles. The molecule has 0 radical (unpaired) electrons. The molecule has 0 unspecified atom stereocenters. The van der Waals surface area contributed by atoms with Crippen molar-refractivity contribution in [3.8, 4) is 10.4 Å². The maximum Gasteiger partial charge on any atom is 0.355 e. The first kappa shape index (κ1) is 24.9. The van der Waals surface area contributed by atoms with Gasteiger partial charge in [-0.05, 0) is 49.7 Å². The SMILES string of the molecule is CC(C)(O)c1cc(F)c(-c2cc(C(N)=O)c(Nc3cccc(Cn4nncc4C(=O)O)n3)s2)c(F)c1. The van der Waals surface area contributed by atoms with Crippen LogP contribution >= 0.6 is 11.3 Å². The van der Waals surface area contributed by atoms with Gasteiger partial charge in [0.1, 0.15) is 22.5 Å². The minimum absolute atomic E-state index is 0.00277. The number of nitrogens with one attached hydrogen (secondary N) is 1. The Hall–Kier alpha value is -4.23. The van der Waals surface area contributed by atoms with Crippen molar-refractivity contribution in [3.05, 3.63) is 76.7 Å². The van der Waals surface area contributed by atoms with Gasteiger partial charge in [-0.15, -0.1) is 16.4 Å². The molecule has 5 N–H and O–H groups in total. The highest BCUT2D eigenvalue weighted by Gasteiger charge is 2.24. The molecule has 0 bridgehead atoms. The average Bonchev–Trinajstić information content (AvgIpc) is 3.40. The van der Waals surface area contributed by atoms with E-state index in [1.807, 2.05) is 0 Å². The fourth-order valence-electron chi connectivity index (χ4n) is 3.40. The summed E-state index contributed by atoms with van der Waals surface area (Å²) in [7, 11) is 0. The number of aromatic carboxylic acids is 1. The lowest BCUT2D eigenvalue weighted by molar-refractivity contribution is 0.0683. The molecular formula is C23H20F2N6O4S. The molecule has 13 heteroatoms. The number of carbonyl (C=O) groups is 2. The van der Waals surface area contributed by atoms with Gasteiger partial charge in [-0.25, -0.2) is 23.2 Å². The van der Waals surface area contributed by atoms with E-state index in [0.29, 0.717) is 5.69 Å². The Balaban J connectivity index is 1.67. The zero-order valence-electron chi connectivity index (χ0n) is 19.0. The van der Waals surface area contributed by atoms with Crippen LogP contribution in [0.1, 0.15) is 46.0 Å². The normalized spacial score (nSPS) is 11.5. The Morgan fingerprint density at radius 3 is 2.50 bits per heavy atom. The number of carboxylic acids is 1. The van der Waals surface area contributed by atoms with E-state index in [2.05, 4.69) is 20.6 Å². The highest BCUT2D eigenvalue weighted by Crippen LogP contribution is 2.40. The number of carbonyl (C=O) groups excluding carboxylic acids is 1. The maximum atomic E-state index is 14.9. The number of nitrogens with two attached hydrogens (primary N) is 1. The van der Waals surface area contributed by atoms with Crippen molar-refractivity contribution in [1.29, 1.82) is 0 Å².